The summed E-state index contributed by atoms with van der Waals surface area (Å²) in [5, 5.41) is 17.8. The number of imidazole rings is 1. The molecule has 1 aliphatic heterocycles. The quantitative estimate of drug-likeness (QED) is 0.713. The fourth-order valence-electron chi connectivity index (χ4n) is 3.31. The van der Waals surface area contributed by atoms with Crippen molar-refractivity contribution in [3.05, 3.63) is 42.0 Å². The molecule has 1 aliphatic rings. The lowest BCUT2D eigenvalue weighted by Crippen LogP contribution is -2.23. The standard InChI is InChI=1S/C16H17N7O/c1-21-9-12(19-20-21)11-8-22(10-14(11)24-2)16-13(7-17)23-6-4-3-5-15(23)18-16/h3-6,9,11,14H,8,10H2,1-2H3/t11-,14+/m0/s1. The van der Waals surface area contributed by atoms with Crippen molar-refractivity contribution in [1.29, 1.82) is 5.26 Å². The van der Waals surface area contributed by atoms with Gasteiger partial charge in [-0.05, 0) is 12.1 Å². The monoisotopic (exact) mass is 323 g/mol. The summed E-state index contributed by atoms with van der Waals surface area (Å²) < 4.78 is 9.15. The number of pyridine rings is 1. The first-order chi connectivity index (χ1) is 11.7. The molecule has 0 amide bonds. The third kappa shape index (κ3) is 2.21. The summed E-state index contributed by atoms with van der Waals surface area (Å²) in [7, 11) is 3.55. The molecule has 4 heterocycles. The Morgan fingerprint density at radius 2 is 2.21 bits per heavy atom. The van der Waals surface area contributed by atoms with Crippen LogP contribution in [0.5, 0.6) is 0 Å². The van der Waals surface area contributed by atoms with E-state index in [0.29, 0.717) is 24.6 Å². The Balaban J connectivity index is 1.72. The topological polar surface area (TPSA) is 84.3 Å². The van der Waals surface area contributed by atoms with Crippen molar-refractivity contribution in [3.8, 4) is 6.07 Å². The highest BCUT2D eigenvalue weighted by molar-refractivity contribution is 5.61. The van der Waals surface area contributed by atoms with Gasteiger partial charge in [-0.3, -0.25) is 9.08 Å². The Morgan fingerprint density at radius 1 is 1.33 bits per heavy atom. The Bertz CT molecular complexity index is 922. The van der Waals surface area contributed by atoms with E-state index in [0.717, 1.165) is 11.3 Å². The van der Waals surface area contributed by atoms with Crippen LogP contribution >= 0.6 is 0 Å². The van der Waals surface area contributed by atoms with Gasteiger partial charge in [0, 0.05) is 39.6 Å². The summed E-state index contributed by atoms with van der Waals surface area (Å²) >= 11 is 0. The fourth-order valence-corrected chi connectivity index (χ4v) is 3.31. The molecule has 8 heteroatoms. The zero-order chi connectivity index (χ0) is 16.7. The Labute approximate surface area is 138 Å². The molecule has 0 saturated carbocycles. The summed E-state index contributed by atoms with van der Waals surface area (Å²) in [5.41, 5.74) is 2.20. The molecule has 4 rings (SSSR count). The van der Waals surface area contributed by atoms with Crippen molar-refractivity contribution < 1.29 is 4.74 Å². The van der Waals surface area contributed by atoms with E-state index in [1.54, 1.807) is 11.8 Å². The van der Waals surface area contributed by atoms with Gasteiger partial charge >= 0.3 is 0 Å². The predicted octanol–water partition coefficient (Wildman–Crippen LogP) is 0.953. The highest BCUT2D eigenvalue weighted by Gasteiger charge is 2.37. The number of hydrogen-bond acceptors (Lipinski definition) is 6. The minimum atomic E-state index is -0.0157. The number of nitriles is 1. The van der Waals surface area contributed by atoms with E-state index in [1.165, 1.54) is 0 Å². The maximum atomic E-state index is 9.58. The number of ether oxygens (including phenoxy) is 1. The Hall–Kier alpha value is -2.92. The van der Waals surface area contributed by atoms with E-state index in [9.17, 15) is 5.26 Å². The van der Waals surface area contributed by atoms with Gasteiger partial charge in [0.1, 0.15) is 11.7 Å². The second-order valence-electron chi connectivity index (χ2n) is 5.93. The van der Waals surface area contributed by atoms with Gasteiger partial charge in [-0.25, -0.2) is 4.98 Å². The summed E-state index contributed by atoms with van der Waals surface area (Å²) in [6.07, 6.45) is 3.75. The Kier molecular flexibility index (Phi) is 3.43. The predicted molar refractivity (Wildman–Crippen MR) is 86.7 cm³/mol. The Morgan fingerprint density at radius 3 is 2.92 bits per heavy atom. The molecule has 2 atom stereocenters. The zero-order valence-corrected chi connectivity index (χ0v) is 13.5. The molecule has 3 aromatic rings. The third-order valence-electron chi connectivity index (χ3n) is 4.49. The molecule has 1 saturated heterocycles. The van der Waals surface area contributed by atoms with Crippen LogP contribution in [-0.2, 0) is 11.8 Å². The number of aromatic nitrogens is 5. The number of hydrogen-bond donors (Lipinski definition) is 0. The van der Waals surface area contributed by atoms with Crippen LogP contribution in [-0.4, -0.2) is 50.7 Å². The minimum Gasteiger partial charge on any atom is -0.379 e. The van der Waals surface area contributed by atoms with Crippen LogP contribution in [0.2, 0.25) is 0 Å². The second kappa shape index (κ2) is 5.62. The molecule has 122 valence electrons. The molecule has 3 aromatic heterocycles. The third-order valence-corrected chi connectivity index (χ3v) is 4.49. The molecule has 0 N–H and O–H groups in total. The highest BCUT2D eigenvalue weighted by atomic mass is 16.5. The summed E-state index contributed by atoms with van der Waals surface area (Å²) in [6, 6.07) is 7.98. The van der Waals surface area contributed by atoms with Crippen molar-refractivity contribution in [1.82, 2.24) is 24.4 Å². The van der Waals surface area contributed by atoms with Crippen LogP contribution in [0.15, 0.2) is 30.6 Å². The molecule has 0 aliphatic carbocycles. The first-order valence-electron chi connectivity index (χ1n) is 7.72. The maximum Gasteiger partial charge on any atom is 0.169 e. The van der Waals surface area contributed by atoms with Gasteiger partial charge in [0.25, 0.3) is 0 Å². The summed E-state index contributed by atoms with van der Waals surface area (Å²) in [6.45, 7) is 1.35. The first kappa shape index (κ1) is 14.7. The van der Waals surface area contributed by atoms with Crippen LogP contribution < -0.4 is 4.90 Å². The van der Waals surface area contributed by atoms with Crippen LogP contribution in [0.1, 0.15) is 17.3 Å². The van der Waals surface area contributed by atoms with E-state index in [2.05, 4.69) is 26.3 Å². The van der Waals surface area contributed by atoms with E-state index in [1.807, 2.05) is 42.0 Å². The van der Waals surface area contributed by atoms with Crippen molar-refractivity contribution in [2.75, 3.05) is 25.1 Å². The molecule has 8 nitrogen and oxygen atoms in total. The van der Waals surface area contributed by atoms with Gasteiger partial charge < -0.3 is 9.64 Å². The number of fused-ring (bicyclic) bond motifs is 1. The molecular formula is C16H17N7O. The number of anilines is 1. The molecule has 1 fully saturated rings. The largest absolute Gasteiger partial charge is 0.379 e. The fraction of sp³-hybridized carbons (Fsp3) is 0.375. The van der Waals surface area contributed by atoms with Crippen molar-refractivity contribution >= 4 is 11.5 Å². The average Bonchev–Trinajstić information content (AvgIpc) is 3.29. The average molecular weight is 323 g/mol. The van der Waals surface area contributed by atoms with E-state index in [-0.39, 0.29) is 12.0 Å². The number of methoxy groups -OCH3 is 1. The summed E-state index contributed by atoms with van der Waals surface area (Å²) in [4.78, 5) is 6.73. The second-order valence-corrected chi connectivity index (χ2v) is 5.93. The lowest BCUT2D eigenvalue weighted by molar-refractivity contribution is 0.105. The van der Waals surface area contributed by atoms with Gasteiger partial charge in [-0.1, -0.05) is 11.3 Å². The number of nitrogens with zero attached hydrogens (tertiary/aromatic N) is 7. The minimum absolute atomic E-state index is 0.0157. The van der Waals surface area contributed by atoms with Gasteiger partial charge in [0.2, 0.25) is 0 Å². The van der Waals surface area contributed by atoms with Gasteiger partial charge in [0.05, 0.1) is 17.7 Å². The maximum absolute atomic E-state index is 9.58. The lowest BCUT2D eigenvalue weighted by Gasteiger charge is -2.15. The molecular weight excluding hydrogens is 306 g/mol. The van der Waals surface area contributed by atoms with E-state index in [4.69, 9.17) is 4.74 Å². The van der Waals surface area contributed by atoms with Gasteiger partial charge in [-0.2, -0.15) is 5.26 Å². The van der Waals surface area contributed by atoms with Gasteiger partial charge in [-0.15, -0.1) is 5.10 Å². The smallest absolute Gasteiger partial charge is 0.169 e. The summed E-state index contributed by atoms with van der Waals surface area (Å²) in [5.74, 6) is 0.789. The zero-order valence-electron chi connectivity index (χ0n) is 13.5. The van der Waals surface area contributed by atoms with Crippen LogP contribution in [0.25, 0.3) is 5.65 Å². The van der Waals surface area contributed by atoms with E-state index < -0.39 is 0 Å². The lowest BCUT2D eigenvalue weighted by atomic mass is 10.0. The van der Waals surface area contributed by atoms with Crippen molar-refractivity contribution in [2.24, 2.45) is 7.05 Å². The number of rotatable bonds is 3. The van der Waals surface area contributed by atoms with Crippen molar-refractivity contribution in [3.63, 3.8) is 0 Å². The molecule has 24 heavy (non-hydrogen) atoms. The number of aryl methyl sites for hydroxylation is 1. The molecule has 0 bridgehead atoms. The molecule has 0 radical (unpaired) electrons. The first-order valence-corrected chi connectivity index (χ1v) is 7.72. The van der Waals surface area contributed by atoms with Crippen LogP contribution in [0.3, 0.4) is 0 Å². The van der Waals surface area contributed by atoms with Gasteiger partial charge in [0.15, 0.2) is 11.5 Å². The SMILES string of the molecule is CO[C@@H]1CN(c2nc3ccccn3c2C#N)C[C@H]1c1cn(C)nn1. The molecule has 0 unspecified atom stereocenters. The normalized spacial score (nSPS) is 20.6. The van der Waals surface area contributed by atoms with Crippen molar-refractivity contribution in [2.45, 2.75) is 12.0 Å². The van der Waals surface area contributed by atoms with E-state index >= 15 is 0 Å². The van der Waals surface area contributed by atoms with Crippen LogP contribution in [0.4, 0.5) is 5.82 Å². The highest BCUT2D eigenvalue weighted by Crippen LogP contribution is 2.33. The molecule has 0 spiro atoms. The van der Waals surface area contributed by atoms with Crippen LogP contribution in [0, 0.1) is 11.3 Å². The molecule has 0 aromatic carbocycles.